The number of aromatic nitrogens is 1. The smallest absolute Gasteiger partial charge is 0.236 e. The number of anilines is 1. The van der Waals surface area contributed by atoms with Crippen LogP contribution in [0.3, 0.4) is 0 Å². The van der Waals surface area contributed by atoms with Crippen LogP contribution < -0.4 is 10.1 Å². The van der Waals surface area contributed by atoms with Crippen molar-refractivity contribution in [1.82, 2.24) is 4.98 Å². The highest BCUT2D eigenvalue weighted by atomic mass is 32.2. The number of thiazole rings is 1. The van der Waals surface area contributed by atoms with Crippen molar-refractivity contribution in [3.05, 3.63) is 59.5 Å². The number of hydrogen-bond donors (Lipinski definition) is 1. The quantitative estimate of drug-likeness (QED) is 0.630. The summed E-state index contributed by atoms with van der Waals surface area (Å²) in [7, 11) is 1.64. The van der Waals surface area contributed by atoms with E-state index in [4.69, 9.17) is 4.74 Å². The molecule has 1 amide bonds. The Balaban J connectivity index is 1.56. The predicted octanol–water partition coefficient (Wildman–Crippen LogP) is 4.86. The van der Waals surface area contributed by atoms with Gasteiger partial charge in [0.15, 0.2) is 5.13 Å². The van der Waals surface area contributed by atoms with Gasteiger partial charge in [-0.05, 0) is 43.3 Å². The number of rotatable bonds is 6. The summed E-state index contributed by atoms with van der Waals surface area (Å²) in [4.78, 5) is 17.7. The van der Waals surface area contributed by atoms with E-state index in [0.717, 1.165) is 21.9 Å². The molecule has 0 fully saturated rings. The van der Waals surface area contributed by atoms with Crippen LogP contribution in [0.25, 0.3) is 11.3 Å². The molecule has 0 aliphatic rings. The summed E-state index contributed by atoms with van der Waals surface area (Å²) >= 11 is 2.94. The van der Waals surface area contributed by atoms with Crippen LogP contribution >= 0.6 is 23.1 Å². The van der Waals surface area contributed by atoms with E-state index in [1.165, 1.54) is 28.7 Å². The molecular weight excluding hydrogens is 352 g/mol. The van der Waals surface area contributed by atoms with Crippen LogP contribution in [0, 0.1) is 6.92 Å². The minimum absolute atomic E-state index is 0.0544. The summed E-state index contributed by atoms with van der Waals surface area (Å²) in [5.74, 6) is 1.11. The minimum Gasteiger partial charge on any atom is -0.497 e. The second-order valence-electron chi connectivity index (χ2n) is 5.42. The summed E-state index contributed by atoms with van der Waals surface area (Å²) < 4.78 is 5.16. The van der Waals surface area contributed by atoms with Gasteiger partial charge in [0.05, 0.1) is 18.6 Å². The Morgan fingerprint density at radius 3 is 2.56 bits per heavy atom. The first kappa shape index (κ1) is 17.5. The second-order valence-corrected chi connectivity index (χ2v) is 7.32. The summed E-state index contributed by atoms with van der Waals surface area (Å²) in [5.41, 5.74) is 3.04. The van der Waals surface area contributed by atoms with Gasteiger partial charge in [0.25, 0.3) is 0 Å². The number of nitrogens with zero attached hydrogens (tertiary/aromatic N) is 1. The standard InChI is InChI=1S/C19H18N2O2S2/c1-13-3-9-16(10-4-13)24-12-18(22)21-19-20-17(11-25-19)14-5-7-15(23-2)8-6-14/h3-11H,12H2,1-2H3,(H,20,21,22). The van der Waals surface area contributed by atoms with Crippen molar-refractivity contribution >= 4 is 34.1 Å². The molecule has 0 aliphatic carbocycles. The largest absolute Gasteiger partial charge is 0.497 e. The highest BCUT2D eigenvalue weighted by molar-refractivity contribution is 8.00. The number of nitrogens with one attached hydrogen (secondary N) is 1. The molecule has 0 aliphatic heterocycles. The first-order valence-electron chi connectivity index (χ1n) is 7.73. The lowest BCUT2D eigenvalue weighted by atomic mass is 10.2. The van der Waals surface area contributed by atoms with Crippen LogP contribution in [0.5, 0.6) is 5.75 Å². The number of carbonyl (C=O) groups excluding carboxylic acids is 1. The van der Waals surface area contributed by atoms with Gasteiger partial charge >= 0.3 is 0 Å². The maximum atomic E-state index is 12.1. The fraction of sp³-hybridized carbons (Fsp3) is 0.158. The average Bonchev–Trinajstić information content (AvgIpc) is 3.10. The third-order valence-electron chi connectivity index (χ3n) is 3.53. The van der Waals surface area contributed by atoms with Crippen LogP contribution in [0.15, 0.2) is 58.8 Å². The molecule has 0 spiro atoms. The number of hydrogen-bond acceptors (Lipinski definition) is 5. The Labute approximate surface area is 155 Å². The van der Waals surface area contributed by atoms with Crippen LogP contribution in [0.1, 0.15) is 5.56 Å². The van der Waals surface area contributed by atoms with Gasteiger partial charge in [0.1, 0.15) is 5.75 Å². The van der Waals surface area contributed by atoms with E-state index < -0.39 is 0 Å². The van der Waals surface area contributed by atoms with Crippen molar-refractivity contribution in [3.8, 4) is 17.0 Å². The van der Waals surface area contributed by atoms with Crippen molar-refractivity contribution < 1.29 is 9.53 Å². The highest BCUT2D eigenvalue weighted by Crippen LogP contribution is 2.27. The molecule has 25 heavy (non-hydrogen) atoms. The Morgan fingerprint density at radius 2 is 1.88 bits per heavy atom. The molecule has 6 heteroatoms. The molecule has 2 aromatic carbocycles. The lowest BCUT2D eigenvalue weighted by molar-refractivity contribution is -0.113. The van der Waals surface area contributed by atoms with Gasteiger partial charge in [-0.1, -0.05) is 17.7 Å². The molecule has 3 aromatic rings. The molecule has 1 heterocycles. The van der Waals surface area contributed by atoms with Gasteiger partial charge in [0, 0.05) is 15.8 Å². The number of ether oxygens (including phenoxy) is 1. The summed E-state index contributed by atoms with van der Waals surface area (Å²) in [6, 6.07) is 15.8. The minimum atomic E-state index is -0.0544. The van der Waals surface area contributed by atoms with Crippen molar-refractivity contribution in [2.45, 2.75) is 11.8 Å². The maximum Gasteiger partial charge on any atom is 0.236 e. The predicted molar refractivity (Wildman–Crippen MR) is 105 cm³/mol. The summed E-state index contributed by atoms with van der Waals surface area (Å²) in [6.07, 6.45) is 0. The molecule has 1 aromatic heterocycles. The number of aryl methyl sites for hydroxylation is 1. The molecule has 3 rings (SSSR count). The molecule has 0 radical (unpaired) electrons. The Hall–Kier alpha value is -2.31. The second kappa shape index (κ2) is 8.18. The van der Waals surface area contributed by atoms with Gasteiger partial charge in [-0.2, -0.15) is 0 Å². The summed E-state index contributed by atoms with van der Waals surface area (Å²) in [5, 5.41) is 5.41. The number of thioether (sulfide) groups is 1. The fourth-order valence-electron chi connectivity index (χ4n) is 2.16. The molecule has 1 N–H and O–H groups in total. The lowest BCUT2D eigenvalue weighted by Gasteiger charge is -2.03. The molecule has 4 nitrogen and oxygen atoms in total. The van der Waals surface area contributed by atoms with Crippen LogP contribution in [-0.2, 0) is 4.79 Å². The normalized spacial score (nSPS) is 10.5. The van der Waals surface area contributed by atoms with Crippen molar-refractivity contribution in [3.63, 3.8) is 0 Å². The number of carbonyl (C=O) groups is 1. The number of amides is 1. The molecule has 0 saturated carbocycles. The average molecular weight is 370 g/mol. The SMILES string of the molecule is COc1ccc(-c2csc(NC(=O)CSc3ccc(C)cc3)n2)cc1. The zero-order chi connectivity index (χ0) is 17.6. The van der Waals surface area contributed by atoms with E-state index in [1.807, 2.05) is 60.8 Å². The number of benzene rings is 2. The highest BCUT2D eigenvalue weighted by Gasteiger charge is 2.09. The third kappa shape index (κ3) is 4.84. The zero-order valence-corrected chi connectivity index (χ0v) is 15.6. The van der Waals surface area contributed by atoms with Crippen molar-refractivity contribution in [2.24, 2.45) is 0 Å². The first-order chi connectivity index (χ1) is 12.1. The zero-order valence-electron chi connectivity index (χ0n) is 14.0. The lowest BCUT2D eigenvalue weighted by Crippen LogP contribution is -2.13. The molecule has 0 unspecified atom stereocenters. The third-order valence-corrected chi connectivity index (χ3v) is 5.30. The molecular formula is C19H18N2O2S2. The van der Waals surface area contributed by atoms with Gasteiger partial charge in [-0.25, -0.2) is 4.98 Å². The Kier molecular flexibility index (Phi) is 5.73. The van der Waals surface area contributed by atoms with E-state index in [1.54, 1.807) is 7.11 Å². The Bertz CT molecular complexity index is 843. The Morgan fingerprint density at radius 1 is 1.16 bits per heavy atom. The van der Waals surface area contributed by atoms with Gasteiger partial charge < -0.3 is 10.1 Å². The molecule has 0 saturated heterocycles. The maximum absolute atomic E-state index is 12.1. The van der Waals surface area contributed by atoms with Crippen molar-refractivity contribution in [2.75, 3.05) is 18.2 Å². The van der Waals surface area contributed by atoms with E-state index in [9.17, 15) is 4.79 Å². The van der Waals surface area contributed by atoms with Gasteiger partial charge in [0.2, 0.25) is 5.91 Å². The van der Waals surface area contributed by atoms with Gasteiger partial charge in [-0.3, -0.25) is 4.79 Å². The van der Waals surface area contributed by atoms with Crippen LogP contribution in [-0.4, -0.2) is 23.8 Å². The van der Waals surface area contributed by atoms with E-state index >= 15 is 0 Å². The first-order valence-corrected chi connectivity index (χ1v) is 9.60. The van der Waals surface area contributed by atoms with E-state index in [0.29, 0.717) is 10.9 Å². The van der Waals surface area contributed by atoms with Crippen LogP contribution in [0.2, 0.25) is 0 Å². The summed E-state index contributed by atoms with van der Waals surface area (Å²) in [6.45, 7) is 2.05. The van der Waals surface area contributed by atoms with Gasteiger partial charge in [-0.15, -0.1) is 23.1 Å². The monoisotopic (exact) mass is 370 g/mol. The molecule has 0 atom stereocenters. The number of methoxy groups -OCH3 is 1. The fourth-order valence-corrected chi connectivity index (χ4v) is 3.60. The topological polar surface area (TPSA) is 51.2 Å². The molecule has 0 bridgehead atoms. The van der Waals surface area contributed by atoms with Crippen molar-refractivity contribution in [1.29, 1.82) is 0 Å². The molecule has 128 valence electrons. The van der Waals surface area contributed by atoms with E-state index in [-0.39, 0.29) is 5.91 Å². The van der Waals surface area contributed by atoms with Crippen LogP contribution in [0.4, 0.5) is 5.13 Å². The van der Waals surface area contributed by atoms with E-state index in [2.05, 4.69) is 10.3 Å².